The molecule has 1 aliphatic rings. The van der Waals surface area contributed by atoms with E-state index in [0.29, 0.717) is 5.75 Å². The predicted molar refractivity (Wildman–Crippen MR) is 111 cm³/mol. The normalized spacial score (nSPS) is 15.0. The van der Waals surface area contributed by atoms with E-state index in [9.17, 15) is 9.18 Å². The zero-order chi connectivity index (χ0) is 21.3. The number of guanidine groups is 1. The van der Waals surface area contributed by atoms with E-state index < -0.39 is 0 Å². The molecule has 7 nitrogen and oxygen atoms in total. The number of halogens is 1. The van der Waals surface area contributed by atoms with E-state index in [1.807, 2.05) is 35.9 Å². The summed E-state index contributed by atoms with van der Waals surface area (Å²) in [5.74, 6) is 0.0856. The molecule has 2 heterocycles. The third-order valence-electron chi connectivity index (χ3n) is 4.73. The Balaban J connectivity index is 1.58. The molecule has 2 aromatic carbocycles. The number of benzene rings is 2. The molecule has 1 aliphatic heterocycles. The van der Waals surface area contributed by atoms with Gasteiger partial charge in [-0.15, -0.1) is 0 Å². The van der Waals surface area contributed by atoms with E-state index in [4.69, 9.17) is 10.5 Å². The van der Waals surface area contributed by atoms with Crippen LogP contribution in [0.5, 0.6) is 5.75 Å². The van der Waals surface area contributed by atoms with Crippen molar-refractivity contribution < 1.29 is 13.9 Å². The molecule has 0 unspecified atom stereocenters. The number of hydrogen-bond acceptors (Lipinski definition) is 5. The van der Waals surface area contributed by atoms with Gasteiger partial charge in [0.15, 0.2) is 0 Å². The molecule has 0 atom stereocenters. The van der Waals surface area contributed by atoms with Crippen molar-refractivity contribution in [3.05, 3.63) is 83.3 Å². The van der Waals surface area contributed by atoms with Gasteiger partial charge in [-0.25, -0.2) is 14.4 Å². The summed E-state index contributed by atoms with van der Waals surface area (Å²) in [4.78, 5) is 22.6. The van der Waals surface area contributed by atoms with Gasteiger partial charge in [0, 0.05) is 6.20 Å². The molecular formula is C22H20FN5O2. The molecule has 1 aromatic heterocycles. The van der Waals surface area contributed by atoms with Crippen molar-refractivity contribution >= 4 is 17.9 Å². The van der Waals surface area contributed by atoms with Crippen LogP contribution in [0.1, 0.15) is 16.8 Å². The zero-order valence-electron chi connectivity index (χ0n) is 16.5. The minimum absolute atomic E-state index is 0.105. The lowest BCUT2D eigenvalue weighted by molar-refractivity contribution is -0.123. The average Bonchev–Trinajstić information content (AvgIpc) is 3.28. The largest absolute Gasteiger partial charge is 0.495 e. The second-order valence-corrected chi connectivity index (χ2v) is 6.87. The number of hydrogen-bond donors (Lipinski definition) is 1. The van der Waals surface area contributed by atoms with Gasteiger partial charge in [0.05, 0.1) is 31.4 Å². The number of aromatic nitrogens is 2. The van der Waals surface area contributed by atoms with Crippen molar-refractivity contribution in [3.8, 4) is 11.4 Å². The molecule has 3 aromatic rings. The Kier molecular flexibility index (Phi) is 5.05. The van der Waals surface area contributed by atoms with Gasteiger partial charge in [0.1, 0.15) is 17.3 Å². The Labute approximate surface area is 172 Å². The van der Waals surface area contributed by atoms with E-state index in [0.717, 1.165) is 22.5 Å². The van der Waals surface area contributed by atoms with Gasteiger partial charge in [-0.1, -0.05) is 18.2 Å². The maximum absolute atomic E-state index is 13.1. The number of rotatable bonds is 5. The summed E-state index contributed by atoms with van der Waals surface area (Å²) in [6.07, 6.45) is 5.27. The zero-order valence-corrected chi connectivity index (χ0v) is 16.5. The maximum Gasteiger partial charge on any atom is 0.279 e. The maximum atomic E-state index is 13.1. The standard InChI is InChI=1S/C22H20FN5O2/c1-14-11-27(13-25-14)19-8-5-16(10-20(19)30-2)9-18-21(29)28(22(24)26-18)12-15-3-6-17(23)7-4-15/h3-11,13H,12H2,1-2H3,(H2,24,26)/b18-9-. The first-order valence-corrected chi connectivity index (χ1v) is 9.26. The number of aliphatic imine (C=N–C) groups is 1. The van der Waals surface area contributed by atoms with Crippen molar-refractivity contribution in [2.45, 2.75) is 13.5 Å². The number of carbonyl (C=O) groups excluding carboxylic acids is 1. The van der Waals surface area contributed by atoms with Crippen LogP contribution in [0.25, 0.3) is 11.8 Å². The van der Waals surface area contributed by atoms with Crippen molar-refractivity contribution in [3.63, 3.8) is 0 Å². The van der Waals surface area contributed by atoms with Crippen molar-refractivity contribution in [2.75, 3.05) is 7.11 Å². The first-order chi connectivity index (χ1) is 14.4. The number of nitrogens with zero attached hydrogens (tertiary/aromatic N) is 4. The lowest BCUT2D eigenvalue weighted by Crippen LogP contribution is -2.36. The van der Waals surface area contributed by atoms with E-state index in [1.165, 1.54) is 17.0 Å². The van der Waals surface area contributed by atoms with Crippen LogP contribution in [0.15, 0.2) is 65.7 Å². The Hall–Kier alpha value is -3.94. The Morgan fingerprint density at radius 2 is 1.97 bits per heavy atom. The SMILES string of the molecule is COc1cc(/C=C2\N=C(N)N(Cc3ccc(F)cc3)C2=O)ccc1-n1cnc(C)c1. The second-order valence-electron chi connectivity index (χ2n) is 6.87. The number of amides is 1. The number of imidazole rings is 1. The lowest BCUT2D eigenvalue weighted by Gasteiger charge is -2.15. The third kappa shape index (κ3) is 3.80. The summed E-state index contributed by atoms with van der Waals surface area (Å²) < 4.78 is 20.5. The summed E-state index contributed by atoms with van der Waals surface area (Å²) in [6.45, 7) is 2.13. The van der Waals surface area contributed by atoms with Crippen LogP contribution in [0.2, 0.25) is 0 Å². The number of ether oxygens (including phenoxy) is 1. The molecule has 0 saturated heterocycles. The van der Waals surface area contributed by atoms with Crippen LogP contribution in [0.3, 0.4) is 0 Å². The Morgan fingerprint density at radius 1 is 1.20 bits per heavy atom. The van der Waals surface area contributed by atoms with Gasteiger partial charge in [0.25, 0.3) is 5.91 Å². The molecule has 1 amide bonds. The van der Waals surface area contributed by atoms with E-state index >= 15 is 0 Å². The minimum Gasteiger partial charge on any atom is -0.495 e. The van der Waals surface area contributed by atoms with Crippen molar-refractivity contribution in [1.29, 1.82) is 0 Å². The molecule has 0 bridgehead atoms. The highest BCUT2D eigenvalue weighted by Crippen LogP contribution is 2.27. The molecule has 30 heavy (non-hydrogen) atoms. The van der Waals surface area contributed by atoms with E-state index in [2.05, 4.69) is 9.98 Å². The summed E-state index contributed by atoms with van der Waals surface area (Å²) in [5.41, 5.74) is 9.41. The average molecular weight is 405 g/mol. The Bertz CT molecular complexity index is 1160. The van der Waals surface area contributed by atoms with Crippen LogP contribution in [0.4, 0.5) is 4.39 Å². The highest BCUT2D eigenvalue weighted by atomic mass is 19.1. The summed E-state index contributed by atoms with van der Waals surface area (Å²) >= 11 is 0. The second kappa shape index (κ2) is 7.82. The first-order valence-electron chi connectivity index (χ1n) is 9.26. The van der Waals surface area contributed by atoms with E-state index in [1.54, 1.807) is 31.6 Å². The molecule has 0 saturated carbocycles. The lowest BCUT2D eigenvalue weighted by atomic mass is 10.1. The van der Waals surface area contributed by atoms with Gasteiger partial charge in [-0.05, 0) is 48.4 Å². The Morgan fingerprint density at radius 3 is 2.63 bits per heavy atom. The molecule has 0 aliphatic carbocycles. The topological polar surface area (TPSA) is 85.7 Å². The molecule has 4 rings (SSSR count). The van der Waals surface area contributed by atoms with Crippen LogP contribution in [0, 0.1) is 12.7 Å². The minimum atomic E-state index is -0.336. The smallest absolute Gasteiger partial charge is 0.279 e. The molecule has 8 heteroatoms. The molecule has 0 radical (unpaired) electrons. The van der Waals surface area contributed by atoms with Gasteiger partial charge in [0.2, 0.25) is 5.96 Å². The van der Waals surface area contributed by atoms with Crippen LogP contribution in [-0.4, -0.2) is 33.4 Å². The number of carbonyl (C=O) groups is 1. The monoisotopic (exact) mass is 405 g/mol. The van der Waals surface area contributed by atoms with Crippen molar-refractivity contribution in [1.82, 2.24) is 14.5 Å². The molecular weight excluding hydrogens is 385 g/mol. The summed E-state index contributed by atoms with van der Waals surface area (Å²) in [6, 6.07) is 11.5. The molecule has 0 fully saturated rings. The fraction of sp³-hybridized carbons (Fsp3) is 0.136. The van der Waals surface area contributed by atoms with Gasteiger partial charge in [-0.2, -0.15) is 0 Å². The fourth-order valence-corrected chi connectivity index (χ4v) is 3.20. The highest BCUT2D eigenvalue weighted by molar-refractivity contribution is 6.13. The molecule has 0 spiro atoms. The quantitative estimate of drug-likeness (QED) is 0.661. The van der Waals surface area contributed by atoms with E-state index in [-0.39, 0.29) is 29.9 Å². The number of methoxy groups -OCH3 is 1. The number of nitrogens with two attached hydrogens (primary N) is 1. The van der Waals surface area contributed by atoms with Crippen LogP contribution >= 0.6 is 0 Å². The number of aryl methyl sites for hydroxylation is 1. The summed E-state index contributed by atoms with van der Waals surface area (Å²) in [7, 11) is 1.58. The van der Waals surface area contributed by atoms with Crippen LogP contribution < -0.4 is 10.5 Å². The third-order valence-corrected chi connectivity index (χ3v) is 4.73. The molecule has 2 N–H and O–H groups in total. The summed E-state index contributed by atoms with van der Waals surface area (Å²) in [5, 5.41) is 0. The van der Waals surface area contributed by atoms with Gasteiger partial charge >= 0.3 is 0 Å². The van der Waals surface area contributed by atoms with Gasteiger partial charge < -0.3 is 15.0 Å². The predicted octanol–water partition coefficient (Wildman–Crippen LogP) is 3.03. The first kappa shape index (κ1) is 19.4. The van der Waals surface area contributed by atoms with Crippen LogP contribution in [-0.2, 0) is 11.3 Å². The fourth-order valence-electron chi connectivity index (χ4n) is 3.20. The van der Waals surface area contributed by atoms with Crippen molar-refractivity contribution in [2.24, 2.45) is 10.7 Å². The molecule has 152 valence electrons. The van der Waals surface area contributed by atoms with Gasteiger partial charge in [-0.3, -0.25) is 9.69 Å². The highest BCUT2D eigenvalue weighted by Gasteiger charge is 2.28.